The maximum Gasteiger partial charge on any atom is 0.356 e. The van der Waals surface area contributed by atoms with Crippen molar-refractivity contribution in [3.05, 3.63) is 35.5 Å². The molecule has 2 heterocycles. The fraction of sp³-hybridized carbons (Fsp3) is 0. The number of aromatic nitrogens is 4. The van der Waals surface area contributed by atoms with E-state index in [1.54, 1.807) is 0 Å². The second kappa shape index (κ2) is 3.66. The average molecular weight is 225 g/mol. The largest absolute Gasteiger partial charge is 0.476 e. The lowest BCUT2D eigenvalue weighted by atomic mass is 10.5. The number of hydrogen-bond acceptors (Lipinski definition) is 4. The summed E-state index contributed by atoms with van der Waals surface area (Å²) in [5.74, 6) is -0.670. The summed E-state index contributed by atoms with van der Waals surface area (Å²) in [4.78, 5) is 18.2. The van der Waals surface area contributed by atoms with Crippen LogP contribution in [0, 0.1) is 0 Å². The molecule has 0 aliphatic heterocycles. The molecule has 15 heavy (non-hydrogen) atoms. The van der Waals surface area contributed by atoms with Gasteiger partial charge in [0, 0.05) is 12.3 Å². The van der Waals surface area contributed by atoms with Gasteiger partial charge in [0.25, 0.3) is 0 Å². The second-order valence-electron chi connectivity index (χ2n) is 2.65. The Bertz CT molecular complexity index is 511. The summed E-state index contributed by atoms with van der Waals surface area (Å²) in [7, 11) is 0. The molecule has 1 N–H and O–H groups in total. The van der Waals surface area contributed by atoms with Gasteiger partial charge in [-0.1, -0.05) is 11.6 Å². The van der Waals surface area contributed by atoms with Gasteiger partial charge in [-0.15, -0.1) is 0 Å². The normalized spacial score (nSPS) is 10.2. The van der Waals surface area contributed by atoms with Crippen molar-refractivity contribution in [2.45, 2.75) is 0 Å². The van der Waals surface area contributed by atoms with Crippen LogP contribution in [0.2, 0.25) is 5.15 Å². The first-order valence-electron chi connectivity index (χ1n) is 3.94. The van der Waals surface area contributed by atoms with Crippen molar-refractivity contribution in [3.8, 4) is 5.82 Å². The van der Waals surface area contributed by atoms with Crippen LogP contribution in [0.3, 0.4) is 0 Å². The number of hydrogen-bond donors (Lipinski definition) is 1. The van der Waals surface area contributed by atoms with Gasteiger partial charge in [-0.3, -0.25) is 0 Å². The Morgan fingerprint density at radius 1 is 1.47 bits per heavy atom. The maximum atomic E-state index is 10.6. The molecule has 2 aromatic heterocycles. The summed E-state index contributed by atoms with van der Waals surface area (Å²) in [5.41, 5.74) is -0.0512. The zero-order chi connectivity index (χ0) is 10.8. The highest BCUT2D eigenvalue weighted by molar-refractivity contribution is 6.29. The van der Waals surface area contributed by atoms with Crippen molar-refractivity contribution in [3.63, 3.8) is 0 Å². The van der Waals surface area contributed by atoms with Gasteiger partial charge in [0.05, 0.1) is 0 Å². The molecular formula is C8H5ClN4O2. The quantitative estimate of drug-likeness (QED) is 0.770. The third-order valence-corrected chi connectivity index (χ3v) is 1.87. The molecule has 0 saturated carbocycles. The predicted octanol–water partition coefficient (Wildman–Crippen LogP) is 1.01. The van der Waals surface area contributed by atoms with Gasteiger partial charge < -0.3 is 5.11 Å². The first-order valence-corrected chi connectivity index (χ1v) is 4.31. The first-order chi connectivity index (χ1) is 7.16. The van der Waals surface area contributed by atoms with E-state index in [1.807, 2.05) is 0 Å². The highest BCUT2D eigenvalue weighted by atomic mass is 35.5. The second-order valence-corrected chi connectivity index (χ2v) is 3.04. The van der Waals surface area contributed by atoms with Crippen molar-refractivity contribution in [2.24, 2.45) is 0 Å². The summed E-state index contributed by atoms with van der Waals surface area (Å²) in [6.45, 7) is 0. The lowest BCUT2D eigenvalue weighted by molar-refractivity contribution is 0.0690. The van der Waals surface area contributed by atoms with E-state index in [4.69, 9.17) is 16.7 Å². The molecule has 0 spiro atoms. The number of carboxylic acid groups (broad SMARTS) is 1. The van der Waals surface area contributed by atoms with Crippen LogP contribution < -0.4 is 0 Å². The summed E-state index contributed by atoms with van der Waals surface area (Å²) in [6, 6.07) is 2.86. The van der Waals surface area contributed by atoms with Gasteiger partial charge >= 0.3 is 5.97 Å². The van der Waals surface area contributed by atoms with Crippen LogP contribution in [-0.2, 0) is 0 Å². The van der Waals surface area contributed by atoms with Crippen LogP contribution in [0.5, 0.6) is 0 Å². The Labute approximate surface area is 89.2 Å². The van der Waals surface area contributed by atoms with Crippen LogP contribution in [0.1, 0.15) is 10.5 Å². The van der Waals surface area contributed by atoms with Gasteiger partial charge in [-0.25, -0.2) is 19.4 Å². The molecule has 0 aliphatic rings. The molecule has 7 heteroatoms. The molecule has 2 aromatic rings. The van der Waals surface area contributed by atoms with E-state index in [2.05, 4.69) is 15.1 Å². The van der Waals surface area contributed by atoms with E-state index in [9.17, 15) is 4.79 Å². The summed E-state index contributed by atoms with van der Waals surface area (Å²) in [6.07, 6.45) is 2.77. The molecule has 0 bridgehead atoms. The smallest absolute Gasteiger partial charge is 0.356 e. The lowest BCUT2D eigenvalue weighted by Gasteiger charge is -1.98. The maximum absolute atomic E-state index is 10.6. The molecule has 0 fully saturated rings. The molecule has 0 aliphatic carbocycles. The molecule has 0 saturated heterocycles. The molecular weight excluding hydrogens is 220 g/mol. The number of rotatable bonds is 2. The fourth-order valence-electron chi connectivity index (χ4n) is 1.02. The van der Waals surface area contributed by atoms with E-state index in [-0.39, 0.29) is 10.8 Å². The third kappa shape index (κ3) is 1.94. The van der Waals surface area contributed by atoms with Gasteiger partial charge in [0.1, 0.15) is 11.5 Å². The number of carboxylic acids is 1. The van der Waals surface area contributed by atoms with E-state index in [0.717, 1.165) is 0 Å². The number of nitrogens with zero attached hydrogens (tertiary/aromatic N) is 4. The van der Waals surface area contributed by atoms with Crippen molar-refractivity contribution in [1.82, 2.24) is 19.7 Å². The Morgan fingerprint density at radius 3 is 2.87 bits per heavy atom. The number of carbonyl (C=O) groups is 1. The Morgan fingerprint density at radius 2 is 2.27 bits per heavy atom. The Hall–Kier alpha value is -1.95. The molecule has 0 aromatic carbocycles. The molecule has 0 radical (unpaired) electrons. The highest BCUT2D eigenvalue weighted by Crippen LogP contribution is 2.08. The van der Waals surface area contributed by atoms with Crippen LogP contribution in [0.15, 0.2) is 24.7 Å². The van der Waals surface area contributed by atoms with E-state index in [0.29, 0.717) is 5.82 Å². The minimum atomic E-state index is -1.09. The Kier molecular flexibility index (Phi) is 2.34. The number of halogens is 1. The SMILES string of the molecule is O=C(O)c1ccn(-c2cc(Cl)ncn2)n1. The van der Waals surface area contributed by atoms with Crippen LogP contribution in [-0.4, -0.2) is 30.8 Å². The van der Waals surface area contributed by atoms with Crippen LogP contribution >= 0.6 is 11.6 Å². The zero-order valence-electron chi connectivity index (χ0n) is 7.33. The predicted molar refractivity (Wildman–Crippen MR) is 51.1 cm³/mol. The molecule has 0 atom stereocenters. The summed E-state index contributed by atoms with van der Waals surface area (Å²) in [5, 5.41) is 12.7. The molecule has 0 unspecified atom stereocenters. The van der Waals surface area contributed by atoms with Crippen molar-refractivity contribution in [1.29, 1.82) is 0 Å². The average Bonchev–Trinajstić information content (AvgIpc) is 2.66. The van der Waals surface area contributed by atoms with Gasteiger partial charge in [0.2, 0.25) is 0 Å². The van der Waals surface area contributed by atoms with Crippen LogP contribution in [0.25, 0.3) is 5.82 Å². The monoisotopic (exact) mass is 224 g/mol. The van der Waals surface area contributed by atoms with E-state index in [1.165, 1.54) is 29.3 Å². The lowest BCUT2D eigenvalue weighted by Crippen LogP contribution is -2.02. The minimum Gasteiger partial charge on any atom is -0.476 e. The standard InChI is InChI=1S/C8H5ClN4O2/c9-6-3-7(11-4-10-6)13-2-1-5(12-13)8(14)15/h1-4H,(H,14,15). The summed E-state index contributed by atoms with van der Waals surface area (Å²) < 4.78 is 1.32. The van der Waals surface area contributed by atoms with Gasteiger partial charge in [-0.05, 0) is 6.07 Å². The third-order valence-electron chi connectivity index (χ3n) is 1.66. The van der Waals surface area contributed by atoms with Gasteiger partial charge in [-0.2, -0.15) is 5.10 Å². The minimum absolute atomic E-state index is 0.0512. The topological polar surface area (TPSA) is 80.9 Å². The van der Waals surface area contributed by atoms with Crippen molar-refractivity contribution in [2.75, 3.05) is 0 Å². The van der Waals surface area contributed by atoms with Crippen molar-refractivity contribution < 1.29 is 9.90 Å². The van der Waals surface area contributed by atoms with Crippen LogP contribution in [0.4, 0.5) is 0 Å². The highest BCUT2D eigenvalue weighted by Gasteiger charge is 2.08. The van der Waals surface area contributed by atoms with Crippen molar-refractivity contribution >= 4 is 17.6 Å². The van der Waals surface area contributed by atoms with E-state index < -0.39 is 5.97 Å². The number of aromatic carboxylic acids is 1. The first kappa shape index (κ1) is 9.60. The molecule has 0 amide bonds. The Balaban J connectivity index is 2.41. The summed E-state index contributed by atoms with van der Waals surface area (Å²) >= 11 is 5.66. The molecule has 76 valence electrons. The zero-order valence-corrected chi connectivity index (χ0v) is 8.09. The van der Waals surface area contributed by atoms with E-state index >= 15 is 0 Å². The van der Waals surface area contributed by atoms with Gasteiger partial charge in [0.15, 0.2) is 11.5 Å². The molecule has 2 rings (SSSR count). The molecule has 6 nitrogen and oxygen atoms in total. The fourth-order valence-corrected chi connectivity index (χ4v) is 1.16.